The van der Waals surface area contributed by atoms with Gasteiger partial charge in [-0.1, -0.05) is 0 Å². The lowest BCUT2D eigenvalue weighted by molar-refractivity contribution is -0.125. The van der Waals surface area contributed by atoms with E-state index in [1.807, 2.05) is 0 Å². The largest absolute Gasteiger partial charge is 0.507 e. The van der Waals surface area contributed by atoms with Gasteiger partial charge in [0, 0.05) is 18.3 Å². The van der Waals surface area contributed by atoms with Gasteiger partial charge in [0.25, 0.3) is 0 Å². The number of nitrogens with two attached hydrogens (primary N) is 1. The van der Waals surface area contributed by atoms with Crippen LogP contribution in [0, 0.1) is 5.41 Å². The summed E-state index contributed by atoms with van der Waals surface area (Å²) >= 11 is 0. The quantitative estimate of drug-likeness (QED) is 0.544. The van der Waals surface area contributed by atoms with Crippen molar-refractivity contribution in [3.63, 3.8) is 0 Å². The second kappa shape index (κ2) is 6.12. The number of amides is 3. The molecule has 0 aliphatic carbocycles. The normalized spacial score (nSPS) is 10.8. The van der Waals surface area contributed by atoms with Gasteiger partial charge in [0.2, 0.25) is 5.91 Å². The summed E-state index contributed by atoms with van der Waals surface area (Å²) in [4.78, 5) is 33.5. The van der Waals surface area contributed by atoms with E-state index in [2.05, 4.69) is 10.6 Å². The van der Waals surface area contributed by atoms with E-state index in [9.17, 15) is 19.5 Å². The highest BCUT2D eigenvalue weighted by Crippen LogP contribution is 2.21. The van der Waals surface area contributed by atoms with Crippen molar-refractivity contribution in [1.82, 2.24) is 5.32 Å². The lowest BCUT2D eigenvalue weighted by Gasteiger charge is -2.20. The Balaban J connectivity index is 2.66. The summed E-state index contributed by atoms with van der Waals surface area (Å²) in [7, 11) is 0. The molecule has 0 aromatic heterocycles. The van der Waals surface area contributed by atoms with Crippen molar-refractivity contribution in [2.24, 2.45) is 11.1 Å². The summed E-state index contributed by atoms with van der Waals surface area (Å²) in [5, 5.41) is 23.1. The molecule has 0 fully saturated rings. The van der Waals surface area contributed by atoms with Gasteiger partial charge in [-0.25, -0.2) is 9.59 Å². The van der Waals surface area contributed by atoms with Crippen LogP contribution in [0.2, 0.25) is 0 Å². The van der Waals surface area contributed by atoms with Crippen LogP contribution in [-0.2, 0) is 4.79 Å². The third kappa shape index (κ3) is 4.37. The first kappa shape index (κ1) is 16.3. The highest BCUT2D eigenvalue weighted by atomic mass is 16.4. The van der Waals surface area contributed by atoms with E-state index >= 15 is 0 Å². The van der Waals surface area contributed by atoms with Gasteiger partial charge in [-0.2, -0.15) is 0 Å². The number of carboxylic acids is 1. The summed E-state index contributed by atoms with van der Waals surface area (Å²) in [6.07, 6.45) is 0. The summed E-state index contributed by atoms with van der Waals surface area (Å²) in [5.74, 6) is -2.28. The zero-order valence-corrected chi connectivity index (χ0v) is 11.6. The molecule has 0 saturated carbocycles. The van der Waals surface area contributed by atoms with E-state index in [0.29, 0.717) is 0 Å². The molecule has 0 bridgehead atoms. The van der Waals surface area contributed by atoms with Crippen molar-refractivity contribution < 1.29 is 24.6 Å². The van der Waals surface area contributed by atoms with Crippen LogP contribution >= 0.6 is 0 Å². The maximum Gasteiger partial charge on any atom is 0.339 e. The van der Waals surface area contributed by atoms with E-state index in [-0.39, 0.29) is 17.8 Å². The standard InChI is InChI=1S/C13H17N3O5/c1-13(2,11(14)20)6-15-12(21)16-7-3-4-8(10(18)19)9(17)5-7/h3-5,17H,6H2,1-2H3,(H2,14,20)(H,18,19)(H2,15,16,21). The van der Waals surface area contributed by atoms with Crippen molar-refractivity contribution >= 4 is 23.6 Å². The minimum atomic E-state index is -1.27. The maximum absolute atomic E-state index is 11.6. The van der Waals surface area contributed by atoms with Crippen molar-refractivity contribution in [2.75, 3.05) is 11.9 Å². The maximum atomic E-state index is 11.6. The average Bonchev–Trinajstić information content (AvgIpc) is 2.36. The molecule has 1 aromatic rings. The van der Waals surface area contributed by atoms with Gasteiger partial charge in [-0.15, -0.1) is 0 Å². The summed E-state index contributed by atoms with van der Waals surface area (Å²) in [6.45, 7) is 3.21. The number of primary amides is 1. The second-order valence-electron chi connectivity index (χ2n) is 5.09. The Kier molecular flexibility index (Phi) is 4.75. The molecule has 8 heteroatoms. The molecule has 6 N–H and O–H groups in total. The Hall–Kier alpha value is -2.77. The van der Waals surface area contributed by atoms with Gasteiger partial charge in [-0.05, 0) is 26.0 Å². The van der Waals surface area contributed by atoms with Crippen molar-refractivity contribution in [3.8, 4) is 5.75 Å². The molecule has 0 saturated heterocycles. The lowest BCUT2D eigenvalue weighted by atomic mass is 9.93. The molecule has 8 nitrogen and oxygen atoms in total. The molecule has 0 aliphatic heterocycles. The van der Waals surface area contributed by atoms with Crippen molar-refractivity contribution in [2.45, 2.75) is 13.8 Å². The number of carboxylic acid groups (broad SMARTS) is 1. The van der Waals surface area contributed by atoms with Crippen LogP contribution in [0.25, 0.3) is 0 Å². The Morgan fingerprint density at radius 1 is 1.29 bits per heavy atom. The molecule has 1 rings (SSSR count). The first-order valence-corrected chi connectivity index (χ1v) is 6.04. The van der Waals surface area contributed by atoms with E-state index in [4.69, 9.17) is 10.8 Å². The third-order valence-corrected chi connectivity index (χ3v) is 2.84. The van der Waals surface area contributed by atoms with Crippen LogP contribution in [0.1, 0.15) is 24.2 Å². The molecule has 0 atom stereocenters. The number of phenols is 1. The number of nitrogens with one attached hydrogen (secondary N) is 2. The predicted molar refractivity (Wildman–Crippen MR) is 75.1 cm³/mol. The Morgan fingerprint density at radius 3 is 2.38 bits per heavy atom. The molecule has 3 amide bonds. The van der Waals surface area contributed by atoms with Crippen molar-refractivity contribution in [3.05, 3.63) is 23.8 Å². The fourth-order valence-electron chi connectivity index (χ4n) is 1.35. The van der Waals surface area contributed by atoms with Gasteiger partial charge >= 0.3 is 12.0 Å². The molecule has 0 unspecified atom stereocenters. The molecule has 0 radical (unpaired) electrons. The second-order valence-corrected chi connectivity index (χ2v) is 5.09. The number of aromatic hydroxyl groups is 1. The first-order valence-electron chi connectivity index (χ1n) is 6.04. The zero-order valence-electron chi connectivity index (χ0n) is 11.6. The molecular weight excluding hydrogens is 278 g/mol. The number of benzene rings is 1. The highest BCUT2D eigenvalue weighted by molar-refractivity contribution is 5.94. The zero-order chi connectivity index (χ0) is 16.2. The number of rotatable bonds is 5. The average molecular weight is 295 g/mol. The fourth-order valence-corrected chi connectivity index (χ4v) is 1.35. The van der Waals surface area contributed by atoms with E-state index in [0.717, 1.165) is 6.07 Å². The third-order valence-electron chi connectivity index (χ3n) is 2.84. The highest BCUT2D eigenvalue weighted by Gasteiger charge is 2.25. The SMILES string of the molecule is CC(C)(CNC(=O)Nc1ccc(C(=O)O)c(O)c1)C(N)=O. The Bertz CT molecular complexity index is 583. The smallest absolute Gasteiger partial charge is 0.339 e. The number of carbonyl (C=O) groups is 3. The van der Waals surface area contributed by atoms with Crippen LogP contribution in [0.3, 0.4) is 0 Å². The summed E-state index contributed by atoms with van der Waals surface area (Å²) in [5.41, 5.74) is 4.23. The summed E-state index contributed by atoms with van der Waals surface area (Å²) in [6, 6.07) is 3.01. The van der Waals surface area contributed by atoms with Gasteiger partial charge < -0.3 is 26.6 Å². The van der Waals surface area contributed by atoms with Gasteiger partial charge in [0.15, 0.2) is 0 Å². The molecule has 114 valence electrons. The van der Waals surface area contributed by atoms with Crippen molar-refractivity contribution in [1.29, 1.82) is 0 Å². The minimum Gasteiger partial charge on any atom is -0.507 e. The fraction of sp³-hybridized carbons (Fsp3) is 0.308. The topological polar surface area (TPSA) is 142 Å². The van der Waals surface area contributed by atoms with Crippen LogP contribution < -0.4 is 16.4 Å². The number of hydrogen-bond acceptors (Lipinski definition) is 4. The predicted octanol–water partition coefficient (Wildman–Crippen LogP) is 0.723. The molecular formula is C13H17N3O5. The van der Waals surface area contributed by atoms with Gasteiger partial charge in [0.1, 0.15) is 11.3 Å². The first-order chi connectivity index (χ1) is 9.63. The number of urea groups is 1. The Labute approximate surface area is 120 Å². The molecule has 21 heavy (non-hydrogen) atoms. The molecule has 0 aliphatic rings. The monoisotopic (exact) mass is 295 g/mol. The van der Waals surface area contributed by atoms with Gasteiger partial charge in [0.05, 0.1) is 5.41 Å². The minimum absolute atomic E-state index is 0.0351. The number of hydrogen-bond donors (Lipinski definition) is 5. The summed E-state index contributed by atoms with van der Waals surface area (Å²) < 4.78 is 0. The number of aromatic carboxylic acids is 1. The van der Waals surface area contributed by atoms with E-state index in [1.165, 1.54) is 12.1 Å². The number of carbonyl (C=O) groups excluding carboxylic acids is 2. The number of anilines is 1. The Morgan fingerprint density at radius 2 is 1.90 bits per heavy atom. The molecule has 0 spiro atoms. The van der Waals surface area contributed by atoms with E-state index < -0.39 is 29.1 Å². The molecule has 0 heterocycles. The molecule has 1 aromatic carbocycles. The van der Waals surface area contributed by atoms with E-state index in [1.54, 1.807) is 13.8 Å². The van der Waals surface area contributed by atoms with Crippen LogP contribution in [0.15, 0.2) is 18.2 Å². The lowest BCUT2D eigenvalue weighted by Crippen LogP contribution is -2.43. The van der Waals surface area contributed by atoms with Crippen LogP contribution in [0.4, 0.5) is 10.5 Å². The van der Waals surface area contributed by atoms with Crippen LogP contribution in [-0.4, -0.2) is 34.7 Å². The van der Waals surface area contributed by atoms with Crippen LogP contribution in [0.5, 0.6) is 5.75 Å². The van der Waals surface area contributed by atoms with Gasteiger partial charge in [-0.3, -0.25) is 4.79 Å².